The van der Waals surface area contributed by atoms with Gasteiger partial charge in [0.15, 0.2) is 0 Å². The van der Waals surface area contributed by atoms with Crippen LogP contribution in [-0.2, 0) is 4.74 Å². The van der Waals surface area contributed by atoms with Crippen LogP contribution in [0.3, 0.4) is 0 Å². The van der Waals surface area contributed by atoms with Crippen molar-refractivity contribution in [3.05, 3.63) is 29.6 Å². The molecule has 2 aliphatic rings. The molecule has 1 atom stereocenters. The molecule has 1 N–H and O–H groups in total. The summed E-state index contributed by atoms with van der Waals surface area (Å²) in [6, 6.07) is 4.28. The normalized spacial score (nSPS) is 24.7. The van der Waals surface area contributed by atoms with Crippen molar-refractivity contribution in [1.82, 2.24) is 0 Å². The average molecular weight is 293 g/mol. The molecule has 0 radical (unpaired) electrons. The monoisotopic (exact) mass is 293 g/mol. The second kappa shape index (κ2) is 5.64. The Hall–Kier alpha value is -1.62. The highest BCUT2D eigenvalue weighted by atomic mass is 19.1. The van der Waals surface area contributed by atoms with E-state index in [-0.39, 0.29) is 17.5 Å². The maximum Gasteiger partial charge on any atom is 0.131 e. The Bertz CT molecular complexity index is 554. The first-order valence-corrected chi connectivity index (χ1v) is 7.41. The zero-order valence-corrected chi connectivity index (χ0v) is 12.1. The number of hydrogen-bond acceptors (Lipinski definition) is 4. The van der Waals surface area contributed by atoms with Crippen LogP contribution < -0.4 is 4.74 Å². The Morgan fingerprint density at radius 1 is 1.48 bits per heavy atom. The van der Waals surface area contributed by atoms with Gasteiger partial charge in [-0.05, 0) is 38.3 Å². The van der Waals surface area contributed by atoms with Crippen molar-refractivity contribution >= 4 is 5.71 Å². The van der Waals surface area contributed by atoms with Crippen molar-refractivity contribution in [2.24, 2.45) is 5.16 Å². The molecule has 21 heavy (non-hydrogen) atoms. The highest BCUT2D eigenvalue weighted by Crippen LogP contribution is 2.43. The standard InChI is InChI=1S/C16H20FNO3/c1-11(18-19)14-4-3-12(17)9-15(14)21-13-5-8-20-16(10-13)6-2-7-16/h3-4,9,13,19H,2,5-8,10H2,1H3/b18-11-. The fourth-order valence-corrected chi connectivity index (χ4v) is 3.13. The van der Waals surface area contributed by atoms with Gasteiger partial charge in [-0.3, -0.25) is 0 Å². The molecule has 1 aliphatic heterocycles. The third kappa shape index (κ3) is 2.88. The van der Waals surface area contributed by atoms with E-state index < -0.39 is 0 Å². The minimum Gasteiger partial charge on any atom is -0.489 e. The van der Waals surface area contributed by atoms with Crippen LogP contribution in [0.5, 0.6) is 5.75 Å². The van der Waals surface area contributed by atoms with Gasteiger partial charge in [-0.1, -0.05) is 5.16 Å². The lowest BCUT2D eigenvalue weighted by Gasteiger charge is -2.47. The van der Waals surface area contributed by atoms with Crippen LogP contribution in [0, 0.1) is 5.82 Å². The number of benzene rings is 1. The molecule has 1 spiro atoms. The first-order chi connectivity index (χ1) is 10.1. The first kappa shape index (κ1) is 14.3. The fraction of sp³-hybridized carbons (Fsp3) is 0.562. The number of halogens is 1. The van der Waals surface area contributed by atoms with Crippen molar-refractivity contribution in [2.45, 2.75) is 50.7 Å². The molecule has 1 aromatic carbocycles. The Labute approximate surface area is 123 Å². The number of rotatable bonds is 3. The van der Waals surface area contributed by atoms with Crippen LogP contribution in [0.2, 0.25) is 0 Å². The van der Waals surface area contributed by atoms with E-state index in [4.69, 9.17) is 14.7 Å². The number of hydrogen-bond donors (Lipinski definition) is 1. The minimum atomic E-state index is -0.357. The topological polar surface area (TPSA) is 51.1 Å². The van der Waals surface area contributed by atoms with Gasteiger partial charge in [0.25, 0.3) is 0 Å². The Balaban J connectivity index is 1.79. The molecule has 0 bridgehead atoms. The first-order valence-electron chi connectivity index (χ1n) is 7.41. The second-order valence-electron chi connectivity index (χ2n) is 5.94. The van der Waals surface area contributed by atoms with E-state index in [1.807, 2.05) is 0 Å². The smallest absolute Gasteiger partial charge is 0.131 e. The summed E-state index contributed by atoms with van der Waals surface area (Å²) in [7, 11) is 0. The summed E-state index contributed by atoms with van der Waals surface area (Å²) < 4.78 is 25.4. The fourth-order valence-electron chi connectivity index (χ4n) is 3.13. The van der Waals surface area contributed by atoms with Crippen molar-refractivity contribution in [3.63, 3.8) is 0 Å². The van der Waals surface area contributed by atoms with E-state index in [0.717, 1.165) is 25.7 Å². The lowest BCUT2D eigenvalue weighted by molar-refractivity contribution is -0.153. The van der Waals surface area contributed by atoms with Gasteiger partial charge in [0.05, 0.1) is 17.9 Å². The zero-order valence-electron chi connectivity index (χ0n) is 12.1. The number of nitrogens with zero attached hydrogens (tertiary/aromatic N) is 1. The van der Waals surface area contributed by atoms with E-state index in [1.165, 1.54) is 18.6 Å². The quantitative estimate of drug-likeness (QED) is 0.527. The molecule has 1 heterocycles. The second-order valence-corrected chi connectivity index (χ2v) is 5.94. The van der Waals surface area contributed by atoms with Crippen LogP contribution in [0.4, 0.5) is 4.39 Å². The molecule has 1 saturated heterocycles. The van der Waals surface area contributed by atoms with Crippen molar-refractivity contribution in [2.75, 3.05) is 6.61 Å². The molecule has 2 fully saturated rings. The maximum atomic E-state index is 13.5. The van der Waals surface area contributed by atoms with Crippen molar-refractivity contribution < 1.29 is 19.1 Å². The van der Waals surface area contributed by atoms with Gasteiger partial charge in [-0.15, -0.1) is 0 Å². The van der Waals surface area contributed by atoms with Crippen LogP contribution in [-0.4, -0.2) is 29.2 Å². The summed E-state index contributed by atoms with van der Waals surface area (Å²) in [6.45, 7) is 2.35. The van der Waals surface area contributed by atoms with Gasteiger partial charge in [0.2, 0.25) is 0 Å². The molecule has 1 saturated carbocycles. The predicted molar refractivity (Wildman–Crippen MR) is 76.6 cm³/mol. The van der Waals surface area contributed by atoms with Gasteiger partial charge >= 0.3 is 0 Å². The van der Waals surface area contributed by atoms with Gasteiger partial charge in [-0.25, -0.2) is 4.39 Å². The molecule has 0 amide bonds. The summed E-state index contributed by atoms with van der Waals surface area (Å²) >= 11 is 0. The lowest BCUT2D eigenvalue weighted by Crippen LogP contribution is -2.48. The Morgan fingerprint density at radius 3 is 2.95 bits per heavy atom. The molecule has 114 valence electrons. The third-order valence-corrected chi connectivity index (χ3v) is 4.49. The Kier molecular flexibility index (Phi) is 3.85. The van der Waals surface area contributed by atoms with Gasteiger partial charge in [0.1, 0.15) is 17.7 Å². The lowest BCUT2D eigenvalue weighted by atomic mass is 9.74. The molecular weight excluding hydrogens is 273 g/mol. The summed E-state index contributed by atoms with van der Waals surface area (Å²) in [6.07, 6.45) is 5.03. The van der Waals surface area contributed by atoms with Crippen molar-refractivity contribution in [3.8, 4) is 5.75 Å². The average Bonchev–Trinajstić information content (AvgIpc) is 2.45. The highest BCUT2D eigenvalue weighted by Gasteiger charge is 2.43. The molecule has 1 aliphatic carbocycles. The molecule has 3 rings (SSSR count). The van der Waals surface area contributed by atoms with Gasteiger partial charge in [0, 0.05) is 24.5 Å². The molecule has 5 heteroatoms. The van der Waals surface area contributed by atoms with E-state index in [0.29, 0.717) is 23.6 Å². The number of ether oxygens (including phenoxy) is 2. The Morgan fingerprint density at radius 2 is 2.29 bits per heavy atom. The minimum absolute atomic E-state index is 0.0173. The van der Waals surface area contributed by atoms with E-state index in [2.05, 4.69) is 5.16 Å². The van der Waals surface area contributed by atoms with E-state index in [1.54, 1.807) is 13.0 Å². The van der Waals surface area contributed by atoms with Crippen LogP contribution >= 0.6 is 0 Å². The van der Waals surface area contributed by atoms with E-state index in [9.17, 15) is 4.39 Å². The number of oxime groups is 1. The SMILES string of the molecule is C/C(=N/O)c1ccc(F)cc1OC1CCOC2(CCC2)C1. The molecule has 1 unspecified atom stereocenters. The van der Waals surface area contributed by atoms with Gasteiger partial charge in [-0.2, -0.15) is 0 Å². The largest absolute Gasteiger partial charge is 0.489 e. The summed E-state index contributed by atoms with van der Waals surface area (Å²) in [5.74, 6) is 0.0802. The summed E-state index contributed by atoms with van der Waals surface area (Å²) in [5, 5.41) is 12.1. The maximum absolute atomic E-state index is 13.5. The van der Waals surface area contributed by atoms with Crippen LogP contribution in [0.25, 0.3) is 0 Å². The van der Waals surface area contributed by atoms with E-state index >= 15 is 0 Å². The predicted octanol–water partition coefficient (Wildman–Crippen LogP) is 3.50. The van der Waals surface area contributed by atoms with Crippen molar-refractivity contribution in [1.29, 1.82) is 0 Å². The summed E-state index contributed by atoms with van der Waals surface area (Å²) in [4.78, 5) is 0. The summed E-state index contributed by atoms with van der Waals surface area (Å²) in [5.41, 5.74) is 1.01. The van der Waals surface area contributed by atoms with Gasteiger partial charge < -0.3 is 14.7 Å². The third-order valence-electron chi connectivity index (χ3n) is 4.49. The molecular formula is C16H20FNO3. The molecule has 0 aromatic heterocycles. The van der Waals surface area contributed by atoms with Crippen LogP contribution in [0.15, 0.2) is 23.4 Å². The molecule has 4 nitrogen and oxygen atoms in total. The van der Waals surface area contributed by atoms with Crippen LogP contribution in [0.1, 0.15) is 44.6 Å². The highest BCUT2D eigenvalue weighted by molar-refractivity contribution is 6.00. The molecule has 1 aromatic rings. The zero-order chi connectivity index (χ0) is 14.9.